The van der Waals surface area contributed by atoms with Crippen LogP contribution in [0, 0.1) is 6.92 Å². The third-order valence-electron chi connectivity index (χ3n) is 7.04. The smallest absolute Gasteiger partial charge is 0.252 e. The number of carbonyl (C=O) groups is 1. The second kappa shape index (κ2) is 15.2. The third-order valence-corrected chi connectivity index (χ3v) is 7.04. The minimum atomic E-state index is -0.254. The Morgan fingerprint density at radius 3 is 2.32 bits per heavy atom. The summed E-state index contributed by atoms with van der Waals surface area (Å²) in [6.07, 6.45) is 5.76. The SMILES string of the molecule is CCN1CCCCCC1.CN=C(C)/C(=C(/C)N)c1cc(OC)cc(C(C)NC(=O)c2cc(N)ccc2C)c1. The fourth-order valence-corrected chi connectivity index (χ4v) is 4.66. The van der Waals surface area contributed by atoms with E-state index in [2.05, 4.69) is 22.1 Å². The highest BCUT2D eigenvalue weighted by Crippen LogP contribution is 2.28. The number of hydrogen-bond donors (Lipinski definition) is 3. The molecule has 1 heterocycles. The van der Waals surface area contributed by atoms with Crippen molar-refractivity contribution in [1.29, 1.82) is 0 Å². The molecule has 0 aromatic heterocycles. The Kier molecular flexibility index (Phi) is 12.3. The molecule has 0 bridgehead atoms. The molecule has 0 radical (unpaired) electrons. The van der Waals surface area contributed by atoms with Crippen molar-refractivity contribution in [3.63, 3.8) is 0 Å². The lowest BCUT2D eigenvalue weighted by Gasteiger charge is -2.19. The second-order valence-corrected chi connectivity index (χ2v) is 9.98. The number of nitrogens with two attached hydrogens (primary N) is 2. The molecular formula is C31H47N5O2. The first-order valence-corrected chi connectivity index (χ1v) is 13.6. The van der Waals surface area contributed by atoms with Gasteiger partial charge in [-0.25, -0.2) is 0 Å². The summed E-state index contributed by atoms with van der Waals surface area (Å²) < 4.78 is 5.48. The number of methoxy groups -OCH3 is 1. The number of likely N-dealkylation sites (tertiary alicyclic amines) is 1. The van der Waals surface area contributed by atoms with Crippen LogP contribution in [0.4, 0.5) is 5.69 Å². The van der Waals surface area contributed by atoms with Crippen molar-refractivity contribution >= 4 is 22.9 Å². The zero-order chi connectivity index (χ0) is 28.2. The normalized spacial score (nSPS) is 15.9. The van der Waals surface area contributed by atoms with Crippen LogP contribution in [0.2, 0.25) is 0 Å². The fourth-order valence-electron chi connectivity index (χ4n) is 4.66. The van der Waals surface area contributed by atoms with Crippen LogP contribution in [0.1, 0.15) is 86.5 Å². The van der Waals surface area contributed by atoms with Gasteiger partial charge in [0.05, 0.1) is 13.2 Å². The van der Waals surface area contributed by atoms with Crippen LogP contribution in [0.15, 0.2) is 47.1 Å². The van der Waals surface area contributed by atoms with Crippen molar-refractivity contribution in [2.24, 2.45) is 10.7 Å². The third kappa shape index (κ3) is 8.91. The van der Waals surface area contributed by atoms with E-state index in [1.54, 1.807) is 26.3 Å². The zero-order valence-electron chi connectivity index (χ0n) is 24.4. The van der Waals surface area contributed by atoms with E-state index in [0.29, 0.717) is 22.7 Å². The van der Waals surface area contributed by atoms with Crippen LogP contribution in [0.5, 0.6) is 5.75 Å². The first-order chi connectivity index (χ1) is 18.1. The highest BCUT2D eigenvalue weighted by molar-refractivity contribution is 6.23. The van der Waals surface area contributed by atoms with Crippen LogP contribution < -0.4 is 21.5 Å². The van der Waals surface area contributed by atoms with Crippen molar-refractivity contribution in [1.82, 2.24) is 10.2 Å². The van der Waals surface area contributed by atoms with Gasteiger partial charge in [0.25, 0.3) is 5.91 Å². The Morgan fingerprint density at radius 2 is 1.76 bits per heavy atom. The van der Waals surface area contributed by atoms with Gasteiger partial charge in [0.1, 0.15) is 5.75 Å². The summed E-state index contributed by atoms with van der Waals surface area (Å²) in [4.78, 5) is 19.6. The number of carbonyl (C=O) groups excluding carboxylic acids is 1. The lowest BCUT2D eigenvalue weighted by molar-refractivity contribution is 0.0939. The number of allylic oxidation sites excluding steroid dienone is 2. The van der Waals surface area contributed by atoms with Crippen LogP contribution >= 0.6 is 0 Å². The maximum absolute atomic E-state index is 12.8. The molecule has 1 unspecified atom stereocenters. The largest absolute Gasteiger partial charge is 0.497 e. The number of hydrogen-bond acceptors (Lipinski definition) is 6. The average Bonchev–Trinajstić information content (AvgIpc) is 3.19. The lowest BCUT2D eigenvalue weighted by atomic mass is 9.95. The summed E-state index contributed by atoms with van der Waals surface area (Å²) in [6.45, 7) is 13.8. The van der Waals surface area contributed by atoms with Gasteiger partial charge in [0, 0.05) is 35.3 Å². The highest BCUT2D eigenvalue weighted by Gasteiger charge is 2.17. The first-order valence-electron chi connectivity index (χ1n) is 13.6. The van der Waals surface area contributed by atoms with E-state index in [0.717, 1.165) is 28.0 Å². The molecule has 7 nitrogen and oxygen atoms in total. The van der Waals surface area contributed by atoms with E-state index in [4.69, 9.17) is 16.2 Å². The van der Waals surface area contributed by atoms with Crippen LogP contribution in [-0.2, 0) is 0 Å². The molecule has 5 N–H and O–H groups in total. The predicted octanol–water partition coefficient (Wildman–Crippen LogP) is 5.74. The van der Waals surface area contributed by atoms with E-state index in [9.17, 15) is 4.79 Å². The molecule has 0 spiro atoms. The molecule has 3 rings (SSSR count). The summed E-state index contributed by atoms with van der Waals surface area (Å²) in [6, 6.07) is 10.9. The summed E-state index contributed by atoms with van der Waals surface area (Å²) >= 11 is 0. The monoisotopic (exact) mass is 521 g/mol. The van der Waals surface area contributed by atoms with Gasteiger partial charge in [-0.05, 0) is 107 Å². The second-order valence-electron chi connectivity index (χ2n) is 9.98. The number of nitrogens with zero attached hydrogens (tertiary/aromatic N) is 2. The molecule has 1 fully saturated rings. The number of benzene rings is 2. The van der Waals surface area contributed by atoms with Gasteiger partial charge in [-0.1, -0.05) is 25.8 Å². The topological polar surface area (TPSA) is 106 Å². The molecule has 0 aliphatic carbocycles. The number of amides is 1. The molecule has 1 aliphatic heterocycles. The van der Waals surface area contributed by atoms with Crippen molar-refractivity contribution in [2.45, 2.75) is 66.3 Å². The van der Waals surface area contributed by atoms with Crippen molar-refractivity contribution < 1.29 is 9.53 Å². The summed E-state index contributed by atoms with van der Waals surface area (Å²) in [5, 5.41) is 3.04. The van der Waals surface area contributed by atoms with Gasteiger partial charge in [-0.3, -0.25) is 9.79 Å². The van der Waals surface area contributed by atoms with E-state index in [1.165, 1.54) is 45.3 Å². The molecule has 1 saturated heterocycles. The Bertz CT molecular complexity index is 1130. The van der Waals surface area contributed by atoms with Gasteiger partial charge in [0.15, 0.2) is 0 Å². The van der Waals surface area contributed by atoms with Crippen molar-refractivity contribution in [3.05, 3.63) is 64.3 Å². The van der Waals surface area contributed by atoms with Crippen molar-refractivity contribution in [2.75, 3.05) is 39.5 Å². The molecule has 2 aromatic rings. The number of nitrogens with one attached hydrogen (secondary N) is 1. The fraction of sp³-hybridized carbons (Fsp3) is 0.484. The molecule has 208 valence electrons. The number of rotatable bonds is 7. The van der Waals surface area contributed by atoms with Gasteiger partial charge in [0.2, 0.25) is 0 Å². The summed E-state index contributed by atoms with van der Waals surface area (Å²) in [5.41, 5.74) is 18.1. The minimum absolute atomic E-state index is 0.177. The Balaban J connectivity index is 0.000000474. The molecule has 2 aromatic carbocycles. The van der Waals surface area contributed by atoms with E-state index < -0.39 is 0 Å². The maximum atomic E-state index is 12.8. The lowest BCUT2D eigenvalue weighted by Crippen LogP contribution is -2.27. The number of ether oxygens (including phenoxy) is 1. The molecule has 0 saturated carbocycles. The van der Waals surface area contributed by atoms with Gasteiger partial charge < -0.3 is 26.4 Å². The summed E-state index contributed by atoms with van der Waals surface area (Å²) in [5.74, 6) is 0.505. The van der Waals surface area contributed by atoms with E-state index in [-0.39, 0.29) is 11.9 Å². The Morgan fingerprint density at radius 1 is 1.11 bits per heavy atom. The molecule has 7 heteroatoms. The highest BCUT2D eigenvalue weighted by atomic mass is 16.5. The van der Waals surface area contributed by atoms with E-state index >= 15 is 0 Å². The number of anilines is 1. The number of aliphatic imine (C=N–C) groups is 1. The number of nitrogen functional groups attached to an aromatic ring is 1. The van der Waals surface area contributed by atoms with Gasteiger partial charge in [-0.15, -0.1) is 0 Å². The van der Waals surface area contributed by atoms with E-state index in [1.807, 2.05) is 52.0 Å². The van der Waals surface area contributed by atoms with Gasteiger partial charge in [-0.2, -0.15) is 0 Å². The van der Waals surface area contributed by atoms with Crippen molar-refractivity contribution in [3.8, 4) is 5.75 Å². The standard InChI is InChI=1S/C23H30N4O2.C8H17N/c1-13-7-8-19(25)12-21(13)23(28)27-15(3)17-9-18(11-20(10-17)29-6)22(14(2)24)16(4)26-5;1-2-9-7-5-3-4-6-8-9/h7-12,15H,24-25H2,1-6H3,(H,27,28);2-8H2,1H3/b22-14+,26-16?;. The molecule has 1 atom stereocenters. The predicted molar refractivity (Wildman–Crippen MR) is 161 cm³/mol. The Labute approximate surface area is 229 Å². The number of aryl methyl sites for hydroxylation is 1. The molecule has 1 amide bonds. The molecule has 38 heavy (non-hydrogen) atoms. The van der Waals surface area contributed by atoms with Crippen LogP contribution in [0.25, 0.3) is 5.57 Å². The quantitative estimate of drug-likeness (QED) is 0.318. The van der Waals surface area contributed by atoms with Gasteiger partial charge >= 0.3 is 0 Å². The average molecular weight is 522 g/mol. The van der Waals surface area contributed by atoms with Crippen LogP contribution in [0.3, 0.4) is 0 Å². The zero-order valence-corrected chi connectivity index (χ0v) is 24.4. The minimum Gasteiger partial charge on any atom is -0.497 e. The molecule has 1 aliphatic rings. The van der Waals surface area contributed by atoms with Crippen LogP contribution in [-0.4, -0.2) is 50.3 Å². The summed E-state index contributed by atoms with van der Waals surface area (Å²) in [7, 11) is 3.35. The maximum Gasteiger partial charge on any atom is 0.252 e. The first kappa shape index (κ1) is 30.9. The molecular weight excluding hydrogens is 474 g/mol. The Hall–Kier alpha value is -3.32.